The molecule has 3 aromatic heterocycles. The van der Waals surface area contributed by atoms with E-state index in [0.717, 1.165) is 29.4 Å². The van der Waals surface area contributed by atoms with Gasteiger partial charge in [0.1, 0.15) is 11.8 Å². The highest BCUT2D eigenvalue weighted by Crippen LogP contribution is 2.36. The summed E-state index contributed by atoms with van der Waals surface area (Å²) in [6.45, 7) is 4.71. The van der Waals surface area contributed by atoms with Crippen molar-refractivity contribution in [3.8, 4) is 5.75 Å². The molecule has 3 aliphatic rings. The number of fused-ring (bicyclic) bond motifs is 1. The van der Waals surface area contributed by atoms with E-state index in [1.54, 1.807) is 28.6 Å². The Kier molecular flexibility index (Phi) is 5.53. The van der Waals surface area contributed by atoms with E-state index in [4.69, 9.17) is 9.47 Å². The molecule has 0 aromatic carbocycles. The molecule has 10 heteroatoms. The van der Waals surface area contributed by atoms with Gasteiger partial charge in [-0.2, -0.15) is 0 Å². The molecule has 3 aliphatic heterocycles. The molecule has 8 nitrogen and oxygen atoms in total. The number of ether oxygens (including phenoxy) is 2. The van der Waals surface area contributed by atoms with Crippen molar-refractivity contribution < 1.29 is 13.9 Å². The van der Waals surface area contributed by atoms with Crippen LogP contribution in [-0.2, 0) is 17.8 Å². The summed E-state index contributed by atoms with van der Waals surface area (Å²) >= 11 is 1.68. The summed E-state index contributed by atoms with van der Waals surface area (Å²) in [4.78, 5) is 24.4. The van der Waals surface area contributed by atoms with Gasteiger partial charge >= 0.3 is 0 Å². The molecule has 33 heavy (non-hydrogen) atoms. The van der Waals surface area contributed by atoms with Gasteiger partial charge < -0.3 is 19.4 Å². The van der Waals surface area contributed by atoms with Gasteiger partial charge in [-0.1, -0.05) is 11.8 Å². The standard InChI is InChI=1S/C23H24FN5O3S/c24-17-8-27-18-1-2-21(30)29-11-14(22(17)23(18)29)10-28-3-4-31-16(12-28)7-25-6-15-5-20-19(9-26-15)32-13-33-20/h1-2,5,8-9,14,16,25H,3-4,6-7,10-13H2/t14?,16-/m0/s1. The third-order valence-electron chi connectivity index (χ3n) is 6.50. The number of nitrogens with zero attached hydrogens (tertiary/aromatic N) is 4. The highest BCUT2D eigenvalue weighted by Gasteiger charge is 2.32. The summed E-state index contributed by atoms with van der Waals surface area (Å²) in [5.41, 5.74) is 2.80. The van der Waals surface area contributed by atoms with Crippen LogP contribution in [0.3, 0.4) is 0 Å². The van der Waals surface area contributed by atoms with Crippen LogP contribution >= 0.6 is 11.8 Å². The van der Waals surface area contributed by atoms with Crippen LogP contribution < -0.4 is 15.6 Å². The van der Waals surface area contributed by atoms with Gasteiger partial charge in [-0.05, 0) is 12.1 Å². The van der Waals surface area contributed by atoms with Gasteiger partial charge in [0.15, 0.2) is 5.75 Å². The summed E-state index contributed by atoms with van der Waals surface area (Å²) in [5, 5.41) is 3.45. The topological polar surface area (TPSA) is 81.5 Å². The van der Waals surface area contributed by atoms with Crippen LogP contribution in [0.5, 0.6) is 5.75 Å². The molecule has 1 saturated heterocycles. The molecule has 0 saturated carbocycles. The lowest BCUT2D eigenvalue weighted by atomic mass is 10.00. The average molecular weight is 470 g/mol. The zero-order chi connectivity index (χ0) is 22.4. The molecule has 1 N–H and O–H groups in total. The van der Waals surface area contributed by atoms with Crippen LogP contribution in [0.4, 0.5) is 4.39 Å². The fourth-order valence-corrected chi connectivity index (χ4v) is 5.76. The third kappa shape index (κ3) is 4.01. The number of thioether (sulfide) groups is 1. The van der Waals surface area contributed by atoms with Crippen molar-refractivity contribution in [2.45, 2.75) is 30.0 Å². The lowest BCUT2D eigenvalue weighted by Gasteiger charge is -2.34. The second-order valence-corrected chi connectivity index (χ2v) is 9.61. The van der Waals surface area contributed by atoms with E-state index in [9.17, 15) is 9.18 Å². The maximum atomic E-state index is 14.7. The predicted molar refractivity (Wildman–Crippen MR) is 122 cm³/mol. The zero-order valence-electron chi connectivity index (χ0n) is 18.0. The zero-order valence-corrected chi connectivity index (χ0v) is 18.8. The fraction of sp³-hybridized carbons (Fsp3) is 0.435. The van der Waals surface area contributed by atoms with E-state index in [1.165, 1.54) is 12.3 Å². The summed E-state index contributed by atoms with van der Waals surface area (Å²) in [6, 6.07) is 5.26. The van der Waals surface area contributed by atoms with Crippen LogP contribution in [-0.4, -0.2) is 64.3 Å². The van der Waals surface area contributed by atoms with Crippen molar-refractivity contribution in [2.75, 3.05) is 38.7 Å². The first-order valence-corrected chi connectivity index (χ1v) is 12.1. The Morgan fingerprint density at radius 3 is 3.12 bits per heavy atom. The monoisotopic (exact) mass is 469 g/mol. The smallest absolute Gasteiger partial charge is 0.251 e. The average Bonchev–Trinajstić information content (AvgIpc) is 3.44. The van der Waals surface area contributed by atoms with Crippen molar-refractivity contribution in [3.63, 3.8) is 0 Å². The van der Waals surface area contributed by atoms with Gasteiger partial charge in [-0.25, -0.2) is 4.39 Å². The van der Waals surface area contributed by atoms with E-state index < -0.39 is 0 Å². The van der Waals surface area contributed by atoms with E-state index >= 15 is 0 Å². The number of hydrogen-bond acceptors (Lipinski definition) is 8. The number of rotatable bonds is 6. The molecular weight excluding hydrogens is 445 g/mol. The molecule has 1 unspecified atom stereocenters. The van der Waals surface area contributed by atoms with Crippen LogP contribution in [0, 0.1) is 5.82 Å². The number of halogens is 1. The van der Waals surface area contributed by atoms with Gasteiger partial charge in [0.05, 0.1) is 46.7 Å². The second kappa shape index (κ2) is 8.68. The minimum atomic E-state index is -0.332. The molecule has 0 aliphatic carbocycles. The van der Waals surface area contributed by atoms with Gasteiger partial charge in [0.2, 0.25) is 0 Å². The Bertz CT molecular complexity index is 1270. The predicted octanol–water partition coefficient (Wildman–Crippen LogP) is 1.96. The number of aromatic nitrogens is 3. The Labute approximate surface area is 194 Å². The Balaban J connectivity index is 1.08. The molecular formula is C23H24FN5O3S. The van der Waals surface area contributed by atoms with Gasteiger partial charge in [0, 0.05) is 56.8 Å². The summed E-state index contributed by atoms with van der Waals surface area (Å²) in [7, 11) is 0. The Morgan fingerprint density at radius 1 is 1.24 bits per heavy atom. The van der Waals surface area contributed by atoms with E-state index in [2.05, 4.69) is 26.3 Å². The first kappa shape index (κ1) is 21.0. The maximum Gasteiger partial charge on any atom is 0.251 e. The minimum absolute atomic E-state index is 0.0414. The molecule has 0 spiro atoms. The van der Waals surface area contributed by atoms with Crippen molar-refractivity contribution in [1.82, 2.24) is 24.8 Å². The van der Waals surface area contributed by atoms with Crippen LogP contribution in [0.25, 0.3) is 11.0 Å². The van der Waals surface area contributed by atoms with Crippen molar-refractivity contribution in [1.29, 1.82) is 0 Å². The van der Waals surface area contributed by atoms with Crippen LogP contribution in [0.15, 0.2) is 40.3 Å². The molecule has 3 aromatic rings. The molecule has 172 valence electrons. The molecule has 6 heterocycles. The largest absolute Gasteiger partial charge is 0.480 e. The minimum Gasteiger partial charge on any atom is -0.480 e. The number of pyridine rings is 3. The summed E-state index contributed by atoms with van der Waals surface area (Å²) in [6.07, 6.45) is 3.10. The highest BCUT2D eigenvalue weighted by atomic mass is 32.2. The van der Waals surface area contributed by atoms with Gasteiger partial charge in [0.25, 0.3) is 5.56 Å². The van der Waals surface area contributed by atoms with Crippen LogP contribution in [0.1, 0.15) is 17.2 Å². The normalized spacial score (nSPS) is 22.0. The van der Waals surface area contributed by atoms with Crippen molar-refractivity contribution >= 4 is 22.8 Å². The fourth-order valence-electron chi connectivity index (χ4n) is 4.98. The molecule has 2 atom stereocenters. The maximum absolute atomic E-state index is 14.7. The molecule has 0 bridgehead atoms. The molecule has 1 fully saturated rings. The number of nitrogens with one attached hydrogen (secondary N) is 1. The number of morpholine rings is 1. The van der Waals surface area contributed by atoms with Crippen molar-refractivity contribution in [2.24, 2.45) is 0 Å². The molecule has 0 amide bonds. The molecule has 0 radical (unpaired) electrons. The lowest BCUT2D eigenvalue weighted by molar-refractivity contribution is -0.0292. The van der Waals surface area contributed by atoms with Crippen molar-refractivity contribution in [3.05, 3.63) is 58.0 Å². The Hall–Kier alpha value is -2.53. The Morgan fingerprint density at radius 2 is 2.18 bits per heavy atom. The number of hydrogen-bond donors (Lipinski definition) is 1. The lowest BCUT2D eigenvalue weighted by Crippen LogP contribution is -2.47. The third-order valence-corrected chi connectivity index (χ3v) is 7.37. The van der Waals surface area contributed by atoms with Gasteiger partial charge in [-0.3, -0.25) is 19.7 Å². The second-order valence-electron chi connectivity index (χ2n) is 8.64. The van der Waals surface area contributed by atoms with Gasteiger partial charge in [-0.15, -0.1) is 0 Å². The first-order valence-electron chi connectivity index (χ1n) is 11.1. The van der Waals surface area contributed by atoms with Crippen LogP contribution in [0.2, 0.25) is 0 Å². The highest BCUT2D eigenvalue weighted by molar-refractivity contribution is 7.99. The quantitative estimate of drug-likeness (QED) is 0.587. The summed E-state index contributed by atoms with van der Waals surface area (Å²) < 4.78 is 27.8. The summed E-state index contributed by atoms with van der Waals surface area (Å²) in [5.74, 6) is 1.10. The molecule has 6 rings (SSSR count). The van der Waals surface area contributed by atoms with E-state index in [-0.39, 0.29) is 23.4 Å². The van der Waals surface area contributed by atoms with E-state index in [1.807, 2.05) is 0 Å². The first-order chi connectivity index (χ1) is 16.2. The SMILES string of the molecule is O=c1ccc2ncc(F)c3c2n1CC3CN1CCO[C@@H](CNCc2cc3c(cn2)OCS3)C1. The van der Waals surface area contributed by atoms with E-state index in [0.29, 0.717) is 55.3 Å².